The molecule has 10 nitrogen and oxygen atoms in total. The second-order valence-corrected chi connectivity index (χ2v) is 12.5. The Morgan fingerprint density at radius 2 is 1.80 bits per heavy atom. The average molecular weight is 616 g/mol. The summed E-state index contributed by atoms with van der Waals surface area (Å²) in [5, 5.41) is 3.84. The van der Waals surface area contributed by atoms with Crippen molar-refractivity contribution in [2.24, 2.45) is 0 Å². The Labute approximate surface area is 259 Å². The highest BCUT2D eigenvalue weighted by atomic mass is 32.1. The molecule has 0 unspecified atom stereocenters. The topological polar surface area (TPSA) is 106 Å². The van der Waals surface area contributed by atoms with Gasteiger partial charge in [-0.05, 0) is 48.7 Å². The number of nitrogen functional groups attached to an aromatic ring is 1. The van der Waals surface area contributed by atoms with E-state index in [0.717, 1.165) is 21.3 Å². The number of carbonyl (C=O) groups is 3. The largest absolute Gasteiger partial charge is 0.375 e. The van der Waals surface area contributed by atoms with Gasteiger partial charge in [0, 0.05) is 26.2 Å². The molecule has 2 N–H and O–H groups in total. The number of para-hydroxylation sites is 1. The highest BCUT2D eigenvalue weighted by Gasteiger charge is 2.53. The number of carbonyl (C=O) groups excluding carboxylic acids is 3. The summed E-state index contributed by atoms with van der Waals surface area (Å²) in [6.45, 7) is 4.46. The normalized spacial score (nSPS) is 18.8. The first-order chi connectivity index (χ1) is 21.1. The van der Waals surface area contributed by atoms with E-state index in [0.29, 0.717) is 10.7 Å². The zero-order valence-electron chi connectivity index (χ0n) is 24.8. The quantitative estimate of drug-likeness (QED) is 0.330. The van der Waals surface area contributed by atoms with E-state index in [-0.39, 0.29) is 55.9 Å². The highest BCUT2D eigenvalue weighted by Crippen LogP contribution is 2.37. The zero-order chi connectivity index (χ0) is 31.1. The van der Waals surface area contributed by atoms with Gasteiger partial charge in [-0.3, -0.25) is 14.6 Å². The number of fused-ring (bicyclic) bond motifs is 2. The van der Waals surface area contributed by atoms with Gasteiger partial charge in [0.05, 0.1) is 23.3 Å². The van der Waals surface area contributed by atoms with E-state index in [1.54, 1.807) is 43.9 Å². The lowest BCUT2D eigenvalue weighted by molar-refractivity contribution is -0.159. The van der Waals surface area contributed by atoms with Gasteiger partial charge in [0.1, 0.15) is 18.0 Å². The molecule has 2 saturated heterocycles. The number of anilines is 1. The third kappa shape index (κ3) is 5.46. The van der Waals surface area contributed by atoms with Gasteiger partial charge in [-0.15, -0.1) is 0 Å². The Hall–Kier alpha value is -4.55. The average Bonchev–Trinajstić information content (AvgIpc) is 3.54. The van der Waals surface area contributed by atoms with Gasteiger partial charge >= 0.3 is 6.03 Å². The van der Waals surface area contributed by atoms with E-state index < -0.39 is 12.2 Å². The molecule has 228 valence electrons. The Morgan fingerprint density at radius 3 is 2.50 bits per heavy atom. The molecular weight excluding hydrogens is 581 g/mol. The van der Waals surface area contributed by atoms with Crippen LogP contribution in [0.25, 0.3) is 10.2 Å². The standard InChI is InChI=1S/C32H34FN7O3S/c1-20(2)40(32(43)36(3)16-21-12-14-24(33)15-13-21)38-19-27(41)39-26(38)18-37(30(42)29(39)22-8-5-4-6-9-22)17-23-10-7-11-25-28(23)35-31(34)44-25/h4-15,20,26,29H,16-19H2,1-3H3,(H2,34,35)/t26-,29+/m1/s1. The Bertz CT molecular complexity index is 1700. The summed E-state index contributed by atoms with van der Waals surface area (Å²) in [6.07, 6.45) is -0.587. The zero-order valence-corrected chi connectivity index (χ0v) is 25.6. The molecule has 3 heterocycles. The number of hydrazine groups is 1. The van der Waals surface area contributed by atoms with Crippen molar-refractivity contribution >= 4 is 44.5 Å². The van der Waals surface area contributed by atoms with Crippen LogP contribution in [0.2, 0.25) is 0 Å². The number of benzene rings is 3. The summed E-state index contributed by atoms with van der Waals surface area (Å²) >= 11 is 1.39. The number of urea groups is 1. The van der Waals surface area contributed by atoms with Gasteiger partial charge in [-0.25, -0.2) is 14.2 Å². The molecule has 0 bridgehead atoms. The van der Waals surface area contributed by atoms with E-state index in [4.69, 9.17) is 5.73 Å². The second kappa shape index (κ2) is 11.9. The summed E-state index contributed by atoms with van der Waals surface area (Å²) in [5.74, 6) is -0.773. The number of amides is 4. The SMILES string of the molecule is CC(C)N(C(=O)N(C)Cc1ccc(F)cc1)N1CC(=O)N2[C@@H](c3ccccc3)C(=O)N(Cc3cccc4sc(N)nc34)C[C@@H]21. The van der Waals surface area contributed by atoms with Gasteiger partial charge < -0.3 is 20.4 Å². The molecule has 4 amide bonds. The lowest BCUT2D eigenvalue weighted by Crippen LogP contribution is -2.64. The van der Waals surface area contributed by atoms with Gasteiger partial charge in [0.25, 0.3) is 5.91 Å². The van der Waals surface area contributed by atoms with E-state index in [1.807, 2.05) is 62.4 Å². The molecule has 0 aliphatic carbocycles. The maximum atomic E-state index is 14.2. The molecular formula is C32H34FN7O3S. The smallest absolute Gasteiger partial charge is 0.334 e. The first-order valence-corrected chi connectivity index (χ1v) is 15.3. The molecule has 2 atom stereocenters. The molecule has 0 radical (unpaired) electrons. The minimum Gasteiger partial charge on any atom is -0.375 e. The number of nitrogens with two attached hydrogens (primary N) is 1. The lowest BCUT2D eigenvalue weighted by Gasteiger charge is -2.47. The molecule has 0 spiro atoms. The van der Waals surface area contributed by atoms with E-state index >= 15 is 0 Å². The molecule has 3 aromatic carbocycles. The number of hydrogen-bond donors (Lipinski definition) is 1. The van der Waals surface area contributed by atoms with Crippen molar-refractivity contribution in [2.45, 2.75) is 45.2 Å². The highest BCUT2D eigenvalue weighted by molar-refractivity contribution is 7.22. The number of hydrogen-bond acceptors (Lipinski definition) is 7. The minimum atomic E-state index is -0.854. The molecule has 2 aliphatic rings. The van der Waals surface area contributed by atoms with Crippen molar-refractivity contribution in [3.05, 3.63) is 95.3 Å². The summed E-state index contributed by atoms with van der Waals surface area (Å²) in [7, 11) is 1.68. The van der Waals surface area contributed by atoms with Crippen LogP contribution in [0.3, 0.4) is 0 Å². The van der Waals surface area contributed by atoms with Crippen molar-refractivity contribution in [1.29, 1.82) is 0 Å². The van der Waals surface area contributed by atoms with Crippen LogP contribution in [0.5, 0.6) is 0 Å². The maximum Gasteiger partial charge on any atom is 0.334 e. The van der Waals surface area contributed by atoms with Crippen LogP contribution < -0.4 is 5.73 Å². The fourth-order valence-corrected chi connectivity index (χ4v) is 6.89. The molecule has 0 saturated carbocycles. The van der Waals surface area contributed by atoms with Gasteiger partial charge in [0.2, 0.25) is 5.91 Å². The molecule has 44 heavy (non-hydrogen) atoms. The van der Waals surface area contributed by atoms with Crippen molar-refractivity contribution in [3.8, 4) is 0 Å². The Balaban J connectivity index is 1.34. The summed E-state index contributed by atoms with van der Waals surface area (Å²) < 4.78 is 14.4. The van der Waals surface area contributed by atoms with Gasteiger partial charge in [-0.1, -0.05) is 65.9 Å². The number of piperazine rings is 1. The molecule has 6 rings (SSSR count). The fraction of sp³-hybridized carbons (Fsp3) is 0.312. The van der Waals surface area contributed by atoms with E-state index in [2.05, 4.69) is 4.98 Å². The molecule has 2 aliphatic heterocycles. The first kappa shape index (κ1) is 29.5. The molecule has 12 heteroatoms. The van der Waals surface area contributed by atoms with Crippen LogP contribution in [0.1, 0.15) is 36.6 Å². The third-order valence-corrected chi connectivity index (χ3v) is 8.92. The summed E-state index contributed by atoms with van der Waals surface area (Å²) in [5.41, 5.74) is 9.10. The summed E-state index contributed by atoms with van der Waals surface area (Å²) in [6, 6.07) is 19.6. The first-order valence-electron chi connectivity index (χ1n) is 14.5. The monoisotopic (exact) mass is 615 g/mol. The predicted octanol–water partition coefficient (Wildman–Crippen LogP) is 4.45. The van der Waals surface area contributed by atoms with Crippen LogP contribution in [0.15, 0.2) is 72.8 Å². The van der Waals surface area contributed by atoms with E-state index in [1.165, 1.54) is 23.5 Å². The van der Waals surface area contributed by atoms with Gasteiger partial charge in [0.15, 0.2) is 5.13 Å². The third-order valence-electron chi connectivity index (χ3n) is 8.07. The number of thiazole rings is 1. The number of halogens is 1. The predicted molar refractivity (Wildman–Crippen MR) is 166 cm³/mol. The van der Waals surface area contributed by atoms with Crippen LogP contribution >= 0.6 is 11.3 Å². The van der Waals surface area contributed by atoms with Crippen LogP contribution in [-0.4, -0.2) is 79.9 Å². The van der Waals surface area contributed by atoms with Crippen molar-refractivity contribution < 1.29 is 18.8 Å². The van der Waals surface area contributed by atoms with Crippen LogP contribution in [0, 0.1) is 5.82 Å². The van der Waals surface area contributed by atoms with Crippen LogP contribution in [-0.2, 0) is 22.7 Å². The number of aromatic nitrogens is 1. The second-order valence-electron chi connectivity index (χ2n) is 11.4. The Morgan fingerprint density at radius 1 is 1.07 bits per heavy atom. The molecule has 2 fully saturated rings. The number of nitrogens with zero attached hydrogens (tertiary/aromatic N) is 6. The van der Waals surface area contributed by atoms with Crippen molar-refractivity contribution in [3.63, 3.8) is 0 Å². The summed E-state index contributed by atoms with van der Waals surface area (Å²) in [4.78, 5) is 51.3. The lowest BCUT2D eigenvalue weighted by atomic mass is 10.00. The maximum absolute atomic E-state index is 14.2. The van der Waals surface area contributed by atoms with Crippen molar-refractivity contribution in [2.75, 3.05) is 25.9 Å². The molecule has 1 aromatic heterocycles. The Kier molecular flexibility index (Phi) is 7.95. The van der Waals surface area contributed by atoms with Gasteiger partial charge in [-0.2, -0.15) is 5.01 Å². The minimum absolute atomic E-state index is 0.0539. The van der Waals surface area contributed by atoms with Crippen molar-refractivity contribution in [1.82, 2.24) is 29.7 Å². The van der Waals surface area contributed by atoms with Crippen LogP contribution in [0.4, 0.5) is 14.3 Å². The molecule has 4 aromatic rings. The van der Waals surface area contributed by atoms with E-state index in [9.17, 15) is 18.8 Å². The number of rotatable bonds is 7. The fourth-order valence-electron chi connectivity index (χ4n) is 6.10.